The number of fused-ring (bicyclic) bond motifs is 1. The standard InChI is InChI=1S/C27H40N4O3/c1-3-34-25(32)19-28-26-27(33)31(24-16-10-9-15-23(24)29-26)20(2)18-22-14-11-17-30(22)21-12-7-5-4-6-8-13-21/h9-10,15-16,20-22H,3-8,11-14,17-19H2,1-2H3,(H,28,29)/t20-,22+/m1/s1. The van der Waals surface area contributed by atoms with E-state index >= 15 is 0 Å². The number of ether oxygens (including phenoxy) is 1. The Balaban J connectivity index is 1.56. The number of benzene rings is 1. The number of carbonyl (C=O) groups excluding carboxylic acids is 1. The van der Waals surface area contributed by atoms with Gasteiger partial charge in [0.2, 0.25) is 0 Å². The van der Waals surface area contributed by atoms with E-state index < -0.39 is 5.97 Å². The van der Waals surface area contributed by atoms with Gasteiger partial charge in [0.15, 0.2) is 5.82 Å². The molecule has 1 aliphatic carbocycles. The Morgan fingerprint density at radius 3 is 2.62 bits per heavy atom. The third-order valence-electron chi connectivity index (χ3n) is 7.52. The van der Waals surface area contributed by atoms with Crippen molar-refractivity contribution in [2.45, 2.75) is 96.2 Å². The predicted molar refractivity (Wildman–Crippen MR) is 136 cm³/mol. The summed E-state index contributed by atoms with van der Waals surface area (Å²) < 4.78 is 6.88. The molecule has 1 aromatic carbocycles. The Bertz CT molecular complexity index is 1010. The normalized spacial score (nSPS) is 21.2. The number of hydrogen-bond donors (Lipinski definition) is 1. The molecule has 186 valence electrons. The number of carbonyl (C=O) groups is 1. The number of hydrogen-bond acceptors (Lipinski definition) is 6. The molecule has 0 unspecified atom stereocenters. The second-order valence-corrected chi connectivity index (χ2v) is 9.90. The monoisotopic (exact) mass is 468 g/mol. The first-order chi connectivity index (χ1) is 16.6. The zero-order valence-corrected chi connectivity index (χ0v) is 20.8. The van der Waals surface area contributed by atoms with Gasteiger partial charge in [0.25, 0.3) is 5.56 Å². The highest BCUT2D eigenvalue weighted by Gasteiger charge is 2.32. The lowest BCUT2D eigenvalue weighted by Crippen LogP contribution is -2.41. The van der Waals surface area contributed by atoms with Crippen LogP contribution in [0.15, 0.2) is 29.1 Å². The van der Waals surface area contributed by atoms with Crippen molar-refractivity contribution in [1.82, 2.24) is 14.5 Å². The highest BCUT2D eigenvalue weighted by molar-refractivity contribution is 5.78. The van der Waals surface area contributed by atoms with Crippen molar-refractivity contribution in [3.8, 4) is 0 Å². The van der Waals surface area contributed by atoms with E-state index in [4.69, 9.17) is 4.74 Å². The molecule has 2 aromatic rings. The SMILES string of the molecule is CCOC(=O)CNc1nc2ccccc2n([C@H](C)C[C@@H]2CCCN2C2CCCCCCC2)c1=O. The molecule has 2 fully saturated rings. The first-order valence-corrected chi connectivity index (χ1v) is 13.2. The Labute approximate surface area is 202 Å². The molecular formula is C27H40N4O3. The van der Waals surface area contributed by atoms with Crippen LogP contribution in [0.4, 0.5) is 5.82 Å². The fraction of sp³-hybridized carbons (Fsp3) is 0.667. The number of para-hydroxylation sites is 2. The quantitative estimate of drug-likeness (QED) is 0.556. The van der Waals surface area contributed by atoms with E-state index in [-0.39, 0.29) is 24.0 Å². The van der Waals surface area contributed by atoms with Crippen molar-refractivity contribution in [2.24, 2.45) is 0 Å². The van der Waals surface area contributed by atoms with Gasteiger partial charge in [0.1, 0.15) is 6.54 Å². The minimum Gasteiger partial charge on any atom is -0.465 e. The Morgan fingerprint density at radius 1 is 1.12 bits per heavy atom. The number of aromatic nitrogens is 2. The lowest BCUT2D eigenvalue weighted by atomic mass is 9.94. The van der Waals surface area contributed by atoms with Gasteiger partial charge in [-0.3, -0.25) is 14.5 Å². The summed E-state index contributed by atoms with van der Waals surface area (Å²) in [7, 11) is 0. The molecule has 7 heteroatoms. The largest absolute Gasteiger partial charge is 0.465 e. The molecule has 2 atom stereocenters. The summed E-state index contributed by atoms with van der Waals surface area (Å²) >= 11 is 0. The van der Waals surface area contributed by atoms with Gasteiger partial charge in [0.05, 0.1) is 17.6 Å². The van der Waals surface area contributed by atoms with Crippen LogP contribution in [0.25, 0.3) is 11.0 Å². The van der Waals surface area contributed by atoms with Crippen molar-refractivity contribution in [1.29, 1.82) is 0 Å². The maximum absolute atomic E-state index is 13.5. The Hall–Kier alpha value is -2.41. The molecule has 1 N–H and O–H groups in total. The van der Waals surface area contributed by atoms with Crippen LogP contribution in [-0.2, 0) is 9.53 Å². The van der Waals surface area contributed by atoms with Gasteiger partial charge >= 0.3 is 5.97 Å². The molecule has 0 bridgehead atoms. The molecule has 1 saturated carbocycles. The summed E-state index contributed by atoms with van der Waals surface area (Å²) in [6.07, 6.45) is 12.8. The van der Waals surface area contributed by atoms with Crippen LogP contribution in [0, 0.1) is 0 Å². The van der Waals surface area contributed by atoms with E-state index in [1.165, 1.54) is 64.3 Å². The van der Waals surface area contributed by atoms with E-state index in [0.29, 0.717) is 18.7 Å². The Kier molecular flexibility index (Phi) is 8.59. The first-order valence-electron chi connectivity index (χ1n) is 13.2. The van der Waals surface area contributed by atoms with Crippen LogP contribution in [-0.4, -0.2) is 52.2 Å². The van der Waals surface area contributed by atoms with E-state index in [1.54, 1.807) is 6.92 Å². The third kappa shape index (κ3) is 5.80. The third-order valence-corrected chi connectivity index (χ3v) is 7.52. The second kappa shape index (κ2) is 11.8. The highest BCUT2D eigenvalue weighted by Crippen LogP contribution is 2.32. The maximum atomic E-state index is 13.5. The van der Waals surface area contributed by atoms with E-state index in [1.807, 2.05) is 28.8 Å². The molecule has 0 amide bonds. The van der Waals surface area contributed by atoms with Gasteiger partial charge in [-0.05, 0) is 64.6 Å². The summed E-state index contributed by atoms with van der Waals surface area (Å²) in [5.41, 5.74) is 1.42. The Morgan fingerprint density at radius 2 is 1.85 bits per heavy atom. The molecule has 34 heavy (non-hydrogen) atoms. The first kappa shape index (κ1) is 24.7. The smallest absolute Gasteiger partial charge is 0.325 e. The minimum atomic E-state index is -0.391. The average Bonchev–Trinajstić information content (AvgIpc) is 3.25. The highest BCUT2D eigenvalue weighted by atomic mass is 16.5. The predicted octanol–water partition coefficient (Wildman–Crippen LogP) is 4.90. The molecule has 0 radical (unpaired) electrons. The number of likely N-dealkylation sites (tertiary alicyclic amines) is 1. The van der Waals surface area contributed by atoms with Crippen molar-refractivity contribution in [2.75, 3.05) is 25.0 Å². The average molecular weight is 469 g/mol. The molecule has 1 saturated heterocycles. The second-order valence-electron chi connectivity index (χ2n) is 9.90. The van der Waals surface area contributed by atoms with Crippen LogP contribution in [0.3, 0.4) is 0 Å². The molecule has 1 aliphatic heterocycles. The topological polar surface area (TPSA) is 76.5 Å². The summed E-state index contributed by atoms with van der Waals surface area (Å²) in [6, 6.07) is 9.00. The van der Waals surface area contributed by atoms with Crippen LogP contribution in [0.2, 0.25) is 0 Å². The van der Waals surface area contributed by atoms with E-state index in [0.717, 1.165) is 17.5 Å². The zero-order chi connectivity index (χ0) is 23.9. The van der Waals surface area contributed by atoms with Crippen LogP contribution in [0.5, 0.6) is 0 Å². The maximum Gasteiger partial charge on any atom is 0.325 e. The van der Waals surface area contributed by atoms with E-state index in [2.05, 4.69) is 22.1 Å². The summed E-state index contributed by atoms with van der Waals surface area (Å²) in [4.78, 5) is 32.6. The number of rotatable bonds is 8. The molecular weight excluding hydrogens is 428 g/mol. The molecule has 1 aromatic heterocycles. The van der Waals surface area contributed by atoms with Gasteiger partial charge < -0.3 is 14.6 Å². The molecule has 2 aliphatic rings. The van der Waals surface area contributed by atoms with Gasteiger partial charge in [-0.1, -0.05) is 44.2 Å². The molecule has 0 spiro atoms. The summed E-state index contributed by atoms with van der Waals surface area (Å²) in [5.74, 6) is -0.181. The number of nitrogens with one attached hydrogen (secondary N) is 1. The molecule has 4 rings (SSSR count). The van der Waals surface area contributed by atoms with Crippen LogP contribution >= 0.6 is 0 Å². The van der Waals surface area contributed by atoms with Crippen molar-refractivity contribution in [3.63, 3.8) is 0 Å². The van der Waals surface area contributed by atoms with Crippen molar-refractivity contribution < 1.29 is 9.53 Å². The lowest BCUT2D eigenvalue weighted by Gasteiger charge is -2.36. The number of anilines is 1. The molecule has 7 nitrogen and oxygen atoms in total. The van der Waals surface area contributed by atoms with Crippen molar-refractivity contribution in [3.05, 3.63) is 34.6 Å². The van der Waals surface area contributed by atoms with Crippen LogP contribution < -0.4 is 10.9 Å². The minimum absolute atomic E-state index is 0.0303. The van der Waals surface area contributed by atoms with Crippen molar-refractivity contribution >= 4 is 22.8 Å². The van der Waals surface area contributed by atoms with Gasteiger partial charge in [-0.15, -0.1) is 0 Å². The van der Waals surface area contributed by atoms with Crippen LogP contribution in [0.1, 0.15) is 84.1 Å². The summed E-state index contributed by atoms with van der Waals surface area (Å²) in [6.45, 7) is 5.34. The van der Waals surface area contributed by atoms with Gasteiger partial charge in [-0.2, -0.15) is 0 Å². The van der Waals surface area contributed by atoms with Gasteiger partial charge in [0, 0.05) is 18.1 Å². The van der Waals surface area contributed by atoms with E-state index in [9.17, 15) is 9.59 Å². The van der Waals surface area contributed by atoms with Gasteiger partial charge in [-0.25, -0.2) is 4.98 Å². The fourth-order valence-corrected chi connectivity index (χ4v) is 5.93. The number of nitrogens with zero attached hydrogens (tertiary/aromatic N) is 3. The lowest BCUT2D eigenvalue weighted by molar-refractivity contribution is -0.140. The summed E-state index contributed by atoms with van der Waals surface area (Å²) in [5, 5.41) is 2.92. The zero-order valence-electron chi connectivity index (χ0n) is 20.8. The number of esters is 1. The fourth-order valence-electron chi connectivity index (χ4n) is 5.93. The molecule has 2 heterocycles.